The maximum atomic E-state index is 14.2. The van der Waals surface area contributed by atoms with Crippen molar-refractivity contribution in [1.82, 2.24) is 20.2 Å². The summed E-state index contributed by atoms with van der Waals surface area (Å²) in [6.45, 7) is 5.83. The lowest BCUT2D eigenvalue weighted by molar-refractivity contribution is -0.137. The van der Waals surface area contributed by atoms with E-state index < -0.39 is 29.2 Å². The number of anilines is 1. The summed E-state index contributed by atoms with van der Waals surface area (Å²) in [6, 6.07) is 0.848. The highest BCUT2D eigenvalue weighted by atomic mass is 32.1. The van der Waals surface area contributed by atoms with Crippen LogP contribution in [0.3, 0.4) is 0 Å². The van der Waals surface area contributed by atoms with Crippen LogP contribution in [0, 0.1) is 5.92 Å². The number of aliphatic hydroxyl groups is 1. The SMILES string of the molecule is CC1CCCCN1C(=O)c1nc(C(=O)NCC(C)(C)O)sc1-c1cnc(NCC2CC2)cc1C(F)(F)F. The van der Waals surface area contributed by atoms with Gasteiger partial charge in [-0.1, -0.05) is 0 Å². The fraction of sp³-hybridized carbons (Fsp3) is 0.600. The molecule has 0 bridgehead atoms. The average Bonchev–Trinajstić information content (AvgIpc) is 3.55. The number of carbonyl (C=O) groups is 2. The molecule has 202 valence electrons. The lowest BCUT2D eigenvalue weighted by Crippen LogP contribution is -2.42. The number of nitrogens with one attached hydrogen (secondary N) is 2. The molecule has 2 aromatic heterocycles. The second kappa shape index (κ2) is 10.6. The fourth-order valence-corrected chi connectivity index (χ4v) is 5.19. The monoisotopic (exact) mass is 539 g/mol. The van der Waals surface area contributed by atoms with Gasteiger partial charge in [-0.3, -0.25) is 9.59 Å². The smallest absolute Gasteiger partial charge is 0.389 e. The molecule has 3 N–H and O–H groups in total. The number of alkyl halides is 3. The van der Waals surface area contributed by atoms with Crippen LogP contribution in [0.4, 0.5) is 19.0 Å². The molecule has 4 rings (SSSR count). The van der Waals surface area contributed by atoms with Crippen molar-refractivity contribution in [3.05, 3.63) is 28.5 Å². The molecule has 2 amide bonds. The Kier molecular flexibility index (Phi) is 7.80. The van der Waals surface area contributed by atoms with E-state index in [2.05, 4.69) is 20.6 Å². The Morgan fingerprint density at radius 1 is 1.22 bits per heavy atom. The van der Waals surface area contributed by atoms with Crippen LogP contribution >= 0.6 is 11.3 Å². The molecule has 3 heterocycles. The first kappa shape index (κ1) is 27.3. The highest BCUT2D eigenvalue weighted by Gasteiger charge is 2.38. The number of carbonyl (C=O) groups excluding carboxylic acids is 2. The Hall–Kier alpha value is -2.73. The summed E-state index contributed by atoms with van der Waals surface area (Å²) in [5, 5.41) is 15.3. The lowest BCUT2D eigenvalue weighted by atomic mass is 10.0. The topological polar surface area (TPSA) is 107 Å². The van der Waals surface area contributed by atoms with Crippen molar-refractivity contribution in [3.63, 3.8) is 0 Å². The van der Waals surface area contributed by atoms with Gasteiger partial charge >= 0.3 is 6.18 Å². The van der Waals surface area contributed by atoms with E-state index in [4.69, 9.17) is 0 Å². The first-order valence-electron chi connectivity index (χ1n) is 12.5. The number of nitrogens with zero attached hydrogens (tertiary/aromatic N) is 3. The zero-order valence-corrected chi connectivity index (χ0v) is 21.9. The fourth-order valence-electron chi connectivity index (χ4n) is 4.19. The zero-order valence-electron chi connectivity index (χ0n) is 21.1. The first-order chi connectivity index (χ1) is 17.3. The third-order valence-corrected chi connectivity index (χ3v) is 7.58. The predicted molar refractivity (Wildman–Crippen MR) is 135 cm³/mol. The third kappa shape index (κ3) is 6.78. The molecule has 2 fully saturated rings. The van der Waals surface area contributed by atoms with Crippen molar-refractivity contribution >= 4 is 29.0 Å². The molecular formula is C25H32F3N5O3S. The van der Waals surface area contributed by atoms with Gasteiger partial charge in [0, 0.05) is 37.4 Å². The van der Waals surface area contributed by atoms with E-state index in [1.165, 1.54) is 13.8 Å². The molecule has 1 aliphatic heterocycles. The van der Waals surface area contributed by atoms with Crippen molar-refractivity contribution < 1.29 is 27.9 Å². The highest BCUT2D eigenvalue weighted by Crippen LogP contribution is 2.42. The molecule has 12 heteroatoms. The molecule has 1 aliphatic carbocycles. The van der Waals surface area contributed by atoms with E-state index in [9.17, 15) is 27.9 Å². The predicted octanol–water partition coefficient (Wildman–Crippen LogP) is 4.56. The van der Waals surface area contributed by atoms with Crippen LogP contribution in [0.25, 0.3) is 10.4 Å². The van der Waals surface area contributed by atoms with Crippen molar-refractivity contribution in [2.24, 2.45) is 5.92 Å². The molecule has 0 radical (unpaired) electrons. The number of hydrogen-bond donors (Lipinski definition) is 3. The Morgan fingerprint density at radius 3 is 2.57 bits per heavy atom. The normalized spacial score (nSPS) is 18.6. The Balaban J connectivity index is 1.76. The van der Waals surface area contributed by atoms with E-state index in [-0.39, 0.29) is 39.5 Å². The van der Waals surface area contributed by atoms with E-state index in [1.54, 1.807) is 4.90 Å². The molecule has 0 spiro atoms. The molecule has 1 saturated carbocycles. The third-order valence-electron chi connectivity index (χ3n) is 6.49. The summed E-state index contributed by atoms with van der Waals surface area (Å²) in [7, 11) is 0. The summed E-state index contributed by atoms with van der Waals surface area (Å²) in [4.78, 5) is 36.3. The van der Waals surface area contributed by atoms with Crippen LogP contribution in [0.5, 0.6) is 0 Å². The second-order valence-electron chi connectivity index (χ2n) is 10.5. The Morgan fingerprint density at radius 2 is 1.95 bits per heavy atom. The van der Waals surface area contributed by atoms with Crippen molar-refractivity contribution in [2.75, 3.05) is 25.0 Å². The summed E-state index contributed by atoms with van der Waals surface area (Å²) < 4.78 is 42.7. The number of piperidine rings is 1. The van der Waals surface area contributed by atoms with Crippen molar-refractivity contribution in [2.45, 2.75) is 70.7 Å². The number of aromatic nitrogens is 2. The minimum atomic E-state index is -4.72. The van der Waals surface area contributed by atoms with Crippen LogP contribution in [0.15, 0.2) is 12.3 Å². The Bertz CT molecular complexity index is 1160. The van der Waals surface area contributed by atoms with Gasteiger partial charge < -0.3 is 20.6 Å². The minimum absolute atomic E-state index is 0.0512. The van der Waals surface area contributed by atoms with Crippen LogP contribution in [-0.4, -0.2) is 63.1 Å². The van der Waals surface area contributed by atoms with E-state index in [0.717, 1.165) is 44.4 Å². The quantitative estimate of drug-likeness (QED) is 0.454. The maximum absolute atomic E-state index is 14.2. The Labute approximate surface area is 217 Å². The van der Waals surface area contributed by atoms with Gasteiger partial charge in [0.2, 0.25) is 0 Å². The standard InChI is InChI=1S/C25H32F3N5O3S/c1-14-6-4-5-9-33(14)23(35)19-20(37-22(32-19)21(34)31-13-24(2,3)36)16-12-30-18(29-11-15-7-8-15)10-17(16)25(26,27)28/h10,12,14-15,36H,4-9,11,13H2,1-3H3,(H,29,30)(H,31,34). The van der Waals surface area contributed by atoms with Crippen molar-refractivity contribution in [1.29, 1.82) is 0 Å². The number of amides is 2. The average molecular weight is 540 g/mol. The van der Waals surface area contributed by atoms with Crippen LogP contribution in [-0.2, 0) is 6.18 Å². The molecule has 0 aromatic carbocycles. The maximum Gasteiger partial charge on any atom is 0.417 e. The van der Waals surface area contributed by atoms with Crippen LogP contribution in [0.2, 0.25) is 0 Å². The summed E-state index contributed by atoms with van der Waals surface area (Å²) in [5.41, 5.74) is -2.64. The minimum Gasteiger partial charge on any atom is -0.389 e. The van der Waals surface area contributed by atoms with Gasteiger partial charge in [-0.15, -0.1) is 11.3 Å². The zero-order chi connectivity index (χ0) is 27.0. The highest BCUT2D eigenvalue weighted by molar-refractivity contribution is 7.17. The molecule has 1 unspecified atom stereocenters. The number of thiazole rings is 1. The molecule has 1 atom stereocenters. The van der Waals surface area contributed by atoms with Gasteiger partial charge in [-0.2, -0.15) is 13.2 Å². The van der Waals surface area contributed by atoms with Gasteiger partial charge in [-0.25, -0.2) is 9.97 Å². The molecule has 2 aliphatic rings. The number of likely N-dealkylation sites (tertiary alicyclic amines) is 1. The molecule has 1 saturated heterocycles. The molecule has 37 heavy (non-hydrogen) atoms. The first-order valence-corrected chi connectivity index (χ1v) is 13.3. The van der Waals surface area contributed by atoms with Gasteiger partial charge in [0.1, 0.15) is 11.5 Å². The number of hydrogen-bond acceptors (Lipinski definition) is 7. The van der Waals surface area contributed by atoms with Gasteiger partial charge in [0.15, 0.2) is 5.01 Å². The van der Waals surface area contributed by atoms with E-state index >= 15 is 0 Å². The summed E-state index contributed by atoms with van der Waals surface area (Å²) >= 11 is 0.717. The van der Waals surface area contributed by atoms with E-state index in [1.807, 2.05) is 6.92 Å². The summed E-state index contributed by atoms with van der Waals surface area (Å²) in [6.07, 6.45) is 0.970. The molecule has 8 nitrogen and oxygen atoms in total. The van der Waals surface area contributed by atoms with Gasteiger partial charge in [0.05, 0.1) is 16.0 Å². The molecular weight excluding hydrogens is 507 g/mol. The van der Waals surface area contributed by atoms with Gasteiger partial charge in [-0.05, 0) is 64.9 Å². The second-order valence-corrected chi connectivity index (χ2v) is 11.5. The lowest BCUT2D eigenvalue weighted by Gasteiger charge is -2.33. The van der Waals surface area contributed by atoms with Crippen LogP contribution in [0.1, 0.15) is 78.7 Å². The number of pyridine rings is 1. The summed E-state index contributed by atoms with van der Waals surface area (Å²) in [5.74, 6) is -0.640. The van der Waals surface area contributed by atoms with Crippen LogP contribution < -0.4 is 10.6 Å². The largest absolute Gasteiger partial charge is 0.417 e. The van der Waals surface area contributed by atoms with Gasteiger partial charge in [0.25, 0.3) is 11.8 Å². The number of halogens is 3. The van der Waals surface area contributed by atoms with Crippen molar-refractivity contribution in [3.8, 4) is 10.4 Å². The molecule has 2 aromatic rings. The van der Waals surface area contributed by atoms with E-state index in [0.29, 0.717) is 30.3 Å². The number of rotatable bonds is 8.